The summed E-state index contributed by atoms with van der Waals surface area (Å²) >= 11 is 0. The molecule has 0 heterocycles. The highest BCUT2D eigenvalue weighted by Crippen LogP contribution is 2.30. The highest BCUT2D eigenvalue weighted by Gasteiger charge is 2.33. The predicted molar refractivity (Wildman–Crippen MR) is 85.0 cm³/mol. The monoisotopic (exact) mass is 318 g/mol. The second-order valence-corrected chi connectivity index (χ2v) is 5.96. The van der Waals surface area contributed by atoms with Gasteiger partial charge in [0.15, 0.2) is 0 Å². The van der Waals surface area contributed by atoms with Gasteiger partial charge >= 0.3 is 5.97 Å². The van der Waals surface area contributed by atoms with Crippen LogP contribution in [-0.2, 0) is 9.59 Å². The van der Waals surface area contributed by atoms with Crippen molar-refractivity contribution in [2.45, 2.75) is 26.2 Å². The highest BCUT2D eigenvalue weighted by molar-refractivity contribution is 5.94. The fourth-order valence-corrected chi connectivity index (χ4v) is 2.84. The number of aliphatic carboxylic acids is 1. The Morgan fingerprint density at radius 2 is 1.83 bits per heavy atom. The van der Waals surface area contributed by atoms with E-state index < -0.39 is 11.9 Å². The summed E-state index contributed by atoms with van der Waals surface area (Å²) in [7, 11) is 0. The molecule has 124 valence electrons. The minimum absolute atomic E-state index is 0.126. The molecule has 2 atom stereocenters. The molecule has 6 nitrogen and oxygen atoms in total. The molecule has 23 heavy (non-hydrogen) atoms. The zero-order valence-electron chi connectivity index (χ0n) is 13.2. The van der Waals surface area contributed by atoms with Gasteiger partial charge in [0.1, 0.15) is 0 Å². The second kappa shape index (κ2) is 7.76. The van der Waals surface area contributed by atoms with E-state index in [9.17, 15) is 14.4 Å². The van der Waals surface area contributed by atoms with Gasteiger partial charge in [-0.3, -0.25) is 14.4 Å². The Labute approximate surface area is 135 Å². The van der Waals surface area contributed by atoms with Crippen LogP contribution in [0.4, 0.5) is 0 Å². The molecule has 0 bridgehead atoms. The van der Waals surface area contributed by atoms with Crippen LogP contribution in [-0.4, -0.2) is 36.0 Å². The molecule has 6 heteroatoms. The summed E-state index contributed by atoms with van der Waals surface area (Å²) in [5.41, 5.74) is 1.61. The van der Waals surface area contributed by atoms with Crippen LogP contribution in [0.1, 0.15) is 35.2 Å². The van der Waals surface area contributed by atoms with Crippen molar-refractivity contribution >= 4 is 17.8 Å². The third kappa shape index (κ3) is 4.81. The first kappa shape index (κ1) is 17.0. The Morgan fingerprint density at radius 1 is 1.13 bits per heavy atom. The number of carboxylic acids is 1. The maximum Gasteiger partial charge on any atom is 0.306 e. The van der Waals surface area contributed by atoms with Crippen LogP contribution >= 0.6 is 0 Å². The molecule has 1 aromatic carbocycles. The summed E-state index contributed by atoms with van der Waals surface area (Å²) in [6.45, 7) is 2.60. The fourth-order valence-electron chi connectivity index (χ4n) is 2.84. The van der Waals surface area contributed by atoms with Gasteiger partial charge in [-0.1, -0.05) is 17.7 Å². The summed E-state index contributed by atoms with van der Waals surface area (Å²) in [6, 6.07) is 7.29. The molecular weight excluding hydrogens is 296 g/mol. The summed E-state index contributed by atoms with van der Waals surface area (Å²) in [4.78, 5) is 34.8. The molecular formula is C17H22N2O4. The number of nitrogens with one attached hydrogen (secondary N) is 2. The van der Waals surface area contributed by atoms with Crippen molar-refractivity contribution in [2.75, 3.05) is 13.1 Å². The molecule has 0 saturated heterocycles. The van der Waals surface area contributed by atoms with Gasteiger partial charge in [0, 0.05) is 24.6 Å². The summed E-state index contributed by atoms with van der Waals surface area (Å²) in [5.74, 6) is -1.77. The minimum Gasteiger partial charge on any atom is -0.481 e. The van der Waals surface area contributed by atoms with Gasteiger partial charge < -0.3 is 15.7 Å². The summed E-state index contributed by atoms with van der Waals surface area (Å²) in [5, 5.41) is 14.4. The molecule has 1 fully saturated rings. The molecule has 0 aliphatic heterocycles. The maximum atomic E-state index is 12.0. The van der Waals surface area contributed by atoms with Crippen LogP contribution in [0, 0.1) is 18.8 Å². The number of carboxylic acid groups (broad SMARTS) is 1. The zero-order valence-corrected chi connectivity index (χ0v) is 13.2. The number of hydrogen-bond donors (Lipinski definition) is 3. The molecule has 0 unspecified atom stereocenters. The SMILES string of the molecule is Cc1cccc(C(=O)NCCNC(=O)[C@@H]2CC[C@H](C(=O)O)C2)c1. The molecule has 1 aromatic rings. The maximum absolute atomic E-state index is 12.0. The first-order valence-corrected chi connectivity index (χ1v) is 7.82. The van der Waals surface area contributed by atoms with Crippen molar-refractivity contribution in [1.29, 1.82) is 0 Å². The van der Waals surface area contributed by atoms with Crippen LogP contribution < -0.4 is 10.6 Å². The van der Waals surface area contributed by atoms with Crippen LogP contribution in [0.2, 0.25) is 0 Å². The lowest BCUT2D eigenvalue weighted by Crippen LogP contribution is -2.37. The van der Waals surface area contributed by atoms with Gasteiger partial charge in [-0.05, 0) is 38.3 Å². The van der Waals surface area contributed by atoms with Gasteiger partial charge in [-0.15, -0.1) is 0 Å². The van der Waals surface area contributed by atoms with Gasteiger partial charge in [-0.2, -0.15) is 0 Å². The average Bonchev–Trinajstić information content (AvgIpc) is 3.01. The summed E-state index contributed by atoms with van der Waals surface area (Å²) < 4.78 is 0. The van der Waals surface area contributed by atoms with Crippen LogP contribution in [0.25, 0.3) is 0 Å². The van der Waals surface area contributed by atoms with E-state index in [-0.39, 0.29) is 17.7 Å². The first-order chi connectivity index (χ1) is 11.0. The standard InChI is InChI=1S/C17H22N2O4/c1-11-3-2-4-12(9-11)15(20)18-7-8-19-16(21)13-5-6-14(10-13)17(22)23/h2-4,9,13-14H,5-8,10H2,1H3,(H,18,20)(H,19,21)(H,22,23)/t13-,14+/m1/s1. The van der Waals surface area contributed by atoms with Crippen LogP contribution in [0.15, 0.2) is 24.3 Å². The lowest BCUT2D eigenvalue weighted by atomic mass is 10.0. The Bertz CT molecular complexity index is 600. The number of carbonyl (C=O) groups is 3. The smallest absolute Gasteiger partial charge is 0.306 e. The van der Waals surface area contributed by atoms with E-state index in [4.69, 9.17) is 5.11 Å². The minimum atomic E-state index is -0.828. The van der Waals surface area contributed by atoms with E-state index >= 15 is 0 Å². The van der Waals surface area contributed by atoms with Gasteiger partial charge in [0.2, 0.25) is 5.91 Å². The Balaban J connectivity index is 1.68. The zero-order chi connectivity index (χ0) is 16.8. The molecule has 2 amide bonds. The van der Waals surface area contributed by atoms with E-state index in [1.165, 1.54) is 0 Å². The number of rotatable bonds is 6. The molecule has 1 aliphatic rings. The van der Waals surface area contributed by atoms with Crippen LogP contribution in [0.5, 0.6) is 0 Å². The largest absolute Gasteiger partial charge is 0.481 e. The van der Waals surface area contributed by atoms with E-state index in [2.05, 4.69) is 10.6 Å². The Hall–Kier alpha value is -2.37. The number of amides is 2. The topological polar surface area (TPSA) is 95.5 Å². The third-order valence-corrected chi connectivity index (χ3v) is 4.14. The van der Waals surface area contributed by atoms with Gasteiger partial charge in [0.05, 0.1) is 5.92 Å². The molecule has 0 spiro atoms. The Kier molecular flexibility index (Phi) is 5.73. The van der Waals surface area contributed by atoms with Gasteiger partial charge in [-0.25, -0.2) is 0 Å². The quantitative estimate of drug-likeness (QED) is 0.690. The molecule has 2 rings (SSSR count). The van der Waals surface area contributed by atoms with Gasteiger partial charge in [0.25, 0.3) is 5.91 Å². The fraction of sp³-hybridized carbons (Fsp3) is 0.471. The molecule has 3 N–H and O–H groups in total. The lowest BCUT2D eigenvalue weighted by Gasteiger charge is -2.11. The van der Waals surface area contributed by atoms with Crippen molar-refractivity contribution in [3.8, 4) is 0 Å². The predicted octanol–water partition coefficient (Wildman–Crippen LogP) is 1.34. The number of benzene rings is 1. The third-order valence-electron chi connectivity index (χ3n) is 4.14. The molecule has 1 saturated carbocycles. The number of hydrogen-bond acceptors (Lipinski definition) is 3. The molecule has 0 aromatic heterocycles. The van der Waals surface area contributed by atoms with Crippen molar-refractivity contribution in [3.63, 3.8) is 0 Å². The highest BCUT2D eigenvalue weighted by atomic mass is 16.4. The molecule has 0 radical (unpaired) electrons. The average molecular weight is 318 g/mol. The van der Waals surface area contributed by atoms with Crippen molar-refractivity contribution in [3.05, 3.63) is 35.4 Å². The van der Waals surface area contributed by atoms with Crippen molar-refractivity contribution in [2.24, 2.45) is 11.8 Å². The van der Waals surface area contributed by atoms with E-state index in [0.29, 0.717) is 37.9 Å². The normalized spacial score (nSPS) is 20.0. The van der Waals surface area contributed by atoms with Crippen molar-refractivity contribution in [1.82, 2.24) is 10.6 Å². The van der Waals surface area contributed by atoms with Crippen molar-refractivity contribution < 1.29 is 19.5 Å². The number of carbonyl (C=O) groups excluding carboxylic acids is 2. The van der Waals surface area contributed by atoms with Crippen LogP contribution in [0.3, 0.4) is 0 Å². The summed E-state index contributed by atoms with van der Waals surface area (Å²) in [6.07, 6.45) is 1.56. The first-order valence-electron chi connectivity index (χ1n) is 7.82. The molecule has 1 aliphatic carbocycles. The van der Waals surface area contributed by atoms with E-state index in [0.717, 1.165) is 5.56 Å². The lowest BCUT2D eigenvalue weighted by molar-refractivity contribution is -0.141. The van der Waals surface area contributed by atoms with E-state index in [1.807, 2.05) is 19.1 Å². The second-order valence-electron chi connectivity index (χ2n) is 5.96. The Morgan fingerprint density at radius 3 is 2.48 bits per heavy atom. The van der Waals surface area contributed by atoms with E-state index in [1.54, 1.807) is 12.1 Å². The number of aryl methyl sites for hydroxylation is 1.